The molecule has 1 saturated carbocycles. The highest BCUT2D eigenvalue weighted by atomic mass is 32.2. The molecular weight excluding hydrogens is 270 g/mol. The van der Waals surface area contributed by atoms with Gasteiger partial charge in [-0.3, -0.25) is 0 Å². The quantitative estimate of drug-likeness (QED) is 0.840. The van der Waals surface area contributed by atoms with Crippen molar-refractivity contribution in [3.05, 3.63) is 12.1 Å². The Morgan fingerprint density at radius 1 is 1.45 bits per heavy atom. The topological polar surface area (TPSA) is 60.2 Å². The van der Waals surface area contributed by atoms with Crippen LogP contribution in [0.1, 0.15) is 40.0 Å². The number of nitrogens with one attached hydrogen (secondary N) is 1. The number of nitrogen functional groups attached to an aromatic ring is 1. The van der Waals surface area contributed by atoms with E-state index in [1.54, 1.807) is 0 Å². The zero-order valence-corrected chi connectivity index (χ0v) is 13.4. The van der Waals surface area contributed by atoms with Crippen LogP contribution in [0, 0.1) is 0 Å². The summed E-state index contributed by atoms with van der Waals surface area (Å²) in [5.74, 6) is 2.59. The molecule has 0 saturated heterocycles. The van der Waals surface area contributed by atoms with Crippen LogP contribution in [0.2, 0.25) is 0 Å². The van der Waals surface area contributed by atoms with Crippen molar-refractivity contribution >= 4 is 23.3 Å². The summed E-state index contributed by atoms with van der Waals surface area (Å²) in [7, 11) is 0. The molecule has 1 fully saturated rings. The first-order valence-corrected chi connectivity index (χ1v) is 8.44. The maximum absolute atomic E-state index is 5.89. The van der Waals surface area contributed by atoms with Crippen molar-refractivity contribution in [1.82, 2.24) is 4.98 Å². The Kier molecular flexibility index (Phi) is 5.40. The molecule has 0 radical (unpaired) electrons. The monoisotopic (exact) mass is 295 g/mol. The third-order valence-electron chi connectivity index (χ3n) is 3.38. The Hall–Kier alpha value is -1.10. The molecule has 2 atom stereocenters. The fourth-order valence-electron chi connectivity index (χ4n) is 2.52. The Bertz CT molecular complexity index is 439. The normalized spacial score (nSPS) is 22.2. The molecule has 1 aliphatic rings. The number of pyridine rings is 1. The van der Waals surface area contributed by atoms with Gasteiger partial charge in [-0.2, -0.15) is 16.7 Å². The summed E-state index contributed by atoms with van der Waals surface area (Å²) in [6, 6.07) is 4.31. The van der Waals surface area contributed by atoms with E-state index < -0.39 is 0 Å². The van der Waals surface area contributed by atoms with Gasteiger partial charge in [-0.1, -0.05) is 6.92 Å². The lowest BCUT2D eigenvalue weighted by atomic mass is 10.2. The summed E-state index contributed by atoms with van der Waals surface area (Å²) < 4.78 is 5.63. The van der Waals surface area contributed by atoms with Crippen molar-refractivity contribution in [3.8, 4) is 5.88 Å². The molecule has 0 spiro atoms. The van der Waals surface area contributed by atoms with E-state index in [0.29, 0.717) is 17.6 Å². The highest BCUT2D eigenvalue weighted by Gasteiger charge is 2.24. The minimum Gasteiger partial charge on any atom is -0.473 e. The molecule has 1 aliphatic carbocycles. The minimum absolute atomic E-state index is 0.0804. The molecule has 2 rings (SSSR count). The van der Waals surface area contributed by atoms with Crippen molar-refractivity contribution < 1.29 is 4.74 Å². The average Bonchev–Trinajstić information content (AvgIpc) is 2.81. The van der Waals surface area contributed by atoms with E-state index in [9.17, 15) is 0 Å². The van der Waals surface area contributed by atoms with Crippen LogP contribution in [0.25, 0.3) is 0 Å². The highest BCUT2D eigenvalue weighted by Crippen LogP contribution is 2.32. The predicted molar refractivity (Wildman–Crippen MR) is 87.6 cm³/mol. The number of nitrogens with two attached hydrogens (primary N) is 1. The van der Waals surface area contributed by atoms with Gasteiger partial charge in [0.05, 0.1) is 11.8 Å². The first-order chi connectivity index (χ1) is 9.58. The van der Waals surface area contributed by atoms with Crippen LogP contribution in [0.3, 0.4) is 0 Å². The van der Waals surface area contributed by atoms with Crippen LogP contribution in [0.15, 0.2) is 12.1 Å². The van der Waals surface area contributed by atoms with Gasteiger partial charge >= 0.3 is 0 Å². The van der Waals surface area contributed by atoms with Crippen molar-refractivity contribution in [2.75, 3.05) is 16.8 Å². The fraction of sp³-hybridized carbons (Fsp3) is 0.667. The van der Waals surface area contributed by atoms with E-state index in [-0.39, 0.29) is 6.10 Å². The van der Waals surface area contributed by atoms with Gasteiger partial charge in [-0.05, 0) is 51.0 Å². The molecular formula is C15H25N3OS. The maximum atomic E-state index is 5.89. The zero-order valence-electron chi connectivity index (χ0n) is 12.6. The van der Waals surface area contributed by atoms with Gasteiger partial charge in [0, 0.05) is 11.3 Å². The van der Waals surface area contributed by atoms with E-state index in [0.717, 1.165) is 11.1 Å². The number of hydrogen-bond donors (Lipinski definition) is 2. The largest absolute Gasteiger partial charge is 0.473 e. The molecule has 3 N–H and O–H groups in total. The summed E-state index contributed by atoms with van der Waals surface area (Å²) in [6.07, 6.45) is 3.80. The molecule has 1 aromatic heterocycles. The SMILES string of the molecule is CCSC1CCC(Nc2ccc(N)c(OC(C)C)n2)C1. The van der Waals surface area contributed by atoms with Crippen LogP contribution >= 0.6 is 11.8 Å². The fourth-order valence-corrected chi connectivity index (χ4v) is 3.66. The van der Waals surface area contributed by atoms with E-state index in [2.05, 4.69) is 29.0 Å². The van der Waals surface area contributed by atoms with Crippen LogP contribution in [0.4, 0.5) is 11.5 Å². The number of aromatic nitrogens is 1. The van der Waals surface area contributed by atoms with Gasteiger partial charge in [-0.25, -0.2) is 0 Å². The summed E-state index contributed by atoms with van der Waals surface area (Å²) in [6.45, 7) is 6.18. The maximum Gasteiger partial charge on any atom is 0.239 e. The van der Waals surface area contributed by atoms with Crippen LogP contribution in [-0.2, 0) is 0 Å². The van der Waals surface area contributed by atoms with Gasteiger partial charge < -0.3 is 15.8 Å². The number of thioether (sulfide) groups is 1. The summed E-state index contributed by atoms with van der Waals surface area (Å²) in [5.41, 5.74) is 6.48. The first kappa shape index (κ1) is 15.3. The Morgan fingerprint density at radius 2 is 2.25 bits per heavy atom. The Labute approximate surface area is 125 Å². The number of ether oxygens (including phenoxy) is 1. The van der Waals surface area contributed by atoms with E-state index in [1.807, 2.05) is 26.0 Å². The van der Waals surface area contributed by atoms with Crippen molar-refractivity contribution in [1.29, 1.82) is 0 Å². The standard InChI is InChI=1S/C15H25N3OS/c1-4-20-12-6-5-11(9-12)17-14-8-7-13(16)15(18-14)19-10(2)3/h7-8,10-12H,4-6,9,16H2,1-3H3,(H,17,18). The highest BCUT2D eigenvalue weighted by molar-refractivity contribution is 7.99. The third-order valence-corrected chi connectivity index (χ3v) is 4.61. The summed E-state index contributed by atoms with van der Waals surface area (Å²) in [4.78, 5) is 4.48. The van der Waals surface area contributed by atoms with Crippen molar-refractivity contribution in [3.63, 3.8) is 0 Å². The number of nitrogens with zero attached hydrogens (tertiary/aromatic N) is 1. The van der Waals surface area contributed by atoms with Gasteiger partial charge in [0.2, 0.25) is 5.88 Å². The molecule has 20 heavy (non-hydrogen) atoms. The van der Waals surface area contributed by atoms with Gasteiger partial charge in [0.25, 0.3) is 0 Å². The van der Waals surface area contributed by atoms with E-state index >= 15 is 0 Å². The van der Waals surface area contributed by atoms with E-state index in [1.165, 1.54) is 25.0 Å². The smallest absolute Gasteiger partial charge is 0.239 e. The first-order valence-electron chi connectivity index (χ1n) is 7.39. The lowest BCUT2D eigenvalue weighted by Gasteiger charge is -2.16. The molecule has 112 valence electrons. The van der Waals surface area contributed by atoms with Gasteiger partial charge in [-0.15, -0.1) is 0 Å². The number of anilines is 2. The molecule has 5 heteroatoms. The van der Waals surface area contributed by atoms with Crippen LogP contribution in [0.5, 0.6) is 5.88 Å². The molecule has 0 aliphatic heterocycles. The van der Waals surface area contributed by atoms with E-state index in [4.69, 9.17) is 10.5 Å². The Morgan fingerprint density at radius 3 is 2.95 bits per heavy atom. The molecule has 0 bridgehead atoms. The third kappa shape index (κ3) is 4.20. The molecule has 1 heterocycles. The molecule has 0 amide bonds. The second-order valence-corrected chi connectivity index (χ2v) is 7.07. The van der Waals surface area contributed by atoms with Gasteiger partial charge in [0.1, 0.15) is 5.82 Å². The number of rotatable bonds is 6. The Balaban J connectivity index is 1.96. The lowest BCUT2D eigenvalue weighted by Crippen LogP contribution is -2.18. The summed E-state index contributed by atoms with van der Waals surface area (Å²) >= 11 is 2.06. The van der Waals surface area contributed by atoms with Gasteiger partial charge in [0.15, 0.2) is 0 Å². The lowest BCUT2D eigenvalue weighted by molar-refractivity contribution is 0.234. The van der Waals surface area contributed by atoms with Crippen LogP contribution in [-0.4, -0.2) is 28.1 Å². The molecule has 1 aromatic rings. The average molecular weight is 295 g/mol. The zero-order chi connectivity index (χ0) is 14.5. The van der Waals surface area contributed by atoms with Crippen molar-refractivity contribution in [2.24, 2.45) is 0 Å². The summed E-state index contributed by atoms with van der Waals surface area (Å²) in [5, 5.41) is 4.30. The minimum atomic E-state index is 0.0804. The second-order valence-electron chi connectivity index (χ2n) is 5.49. The number of hydrogen-bond acceptors (Lipinski definition) is 5. The van der Waals surface area contributed by atoms with Crippen molar-refractivity contribution in [2.45, 2.75) is 57.4 Å². The molecule has 2 unspecified atom stereocenters. The predicted octanol–water partition coefficient (Wildman–Crippen LogP) is 3.54. The second kappa shape index (κ2) is 7.07. The molecule has 4 nitrogen and oxygen atoms in total. The molecule has 0 aromatic carbocycles. The van der Waals surface area contributed by atoms with Crippen LogP contribution < -0.4 is 15.8 Å².